The lowest BCUT2D eigenvalue weighted by Gasteiger charge is -2.09. The molecule has 2 aromatic carbocycles. The van der Waals surface area contributed by atoms with Crippen molar-refractivity contribution >= 4 is 17.6 Å². The lowest BCUT2D eigenvalue weighted by Crippen LogP contribution is -2.12. The number of hydrogen-bond acceptors (Lipinski definition) is 4. The van der Waals surface area contributed by atoms with Crippen LogP contribution in [-0.4, -0.2) is 22.9 Å². The number of methoxy groups -OCH3 is 1. The van der Waals surface area contributed by atoms with Crippen molar-refractivity contribution in [1.82, 2.24) is 9.78 Å². The first-order valence-corrected chi connectivity index (χ1v) is 8.58. The smallest absolute Gasteiger partial charge is 0.344 e. The highest BCUT2D eigenvalue weighted by atomic mass is 35.5. The van der Waals surface area contributed by atoms with Crippen LogP contribution in [0.2, 0.25) is 5.02 Å². The maximum absolute atomic E-state index is 12.5. The fraction of sp³-hybridized carbons (Fsp3) is 0.200. The van der Waals surface area contributed by atoms with Crippen molar-refractivity contribution in [3.05, 3.63) is 70.9 Å². The quantitative estimate of drug-likeness (QED) is 0.601. The zero-order chi connectivity index (χ0) is 18.7. The third-order valence-electron chi connectivity index (χ3n) is 3.89. The minimum atomic E-state index is -0.476. The van der Waals surface area contributed by atoms with Gasteiger partial charge in [-0.05, 0) is 42.3 Å². The van der Waals surface area contributed by atoms with E-state index in [1.54, 1.807) is 48.2 Å². The van der Waals surface area contributed by atoms with E-state index in [4.69, 9.17) is 21.1 Å². The van der Waals surface area contributed by atoms with Crippen molar-refractivity contribution in [2.24, 2.45) is 0 Å². The summed E-state index contributed by atoms with van der Waals surface area (Å²) < 4.78 is 12.3. The number of aromatic nitrogens is 2. The molecule has 0 unspecified atom stereocenters. The van der Waals surface area contributed by atoms with E-state index in [0.29, 0.717) is 27.9 Å². The normalized spacial score (nSPS) is 10.8. The van der Waals surface area contributed by atoms with Gasteiger partial charge in [0.2, 0.25) is 5.88 Å². The Morgan fingerprint density at radius 3 is 2.42 bits per heavy atom. The van der Waals surface area contributed by atoms with Gasteiger partial charge in [0.05, 0.1) is 29.1 Å². The summed E-state index contributed by atoms with van der Waals surface area (Å²) in [5.74, 6) is 0.695. The Morgan fingerprint density at radius 1 is 1.12 bits per heavy atom. The highest BCUT2D eigenvalue weighted by Gasteiger charge is 2.18. The summed E-state index contributed by atoms with van der Waals surface area (Å²) in [5, 5.41) is 5.07. The van der Waals surface area contributed by atoms with Crippen LogP contribution in [0.4, 0.5) is 0 Å². The lowest BCUT2D eigenvalue weighted by atomic mass is 10.1. The largest absolute Gasteiger partial charge is 0.497 e. The Hall–Kier alpha value is -2.79. The maximum Gasteiger partial charge on any atom is 0.344 e. The lowest BCUT2D eigenvalue weighted by molar-refractivity contribution is 0.0723. The average molecular weight is 371 g/mol. The summed E-state index contributed by atoms with van der Waals surface area (Å²) >= 11 is 6.29. The topological polar surface area (TPSA) is 53.4 Å². The summed E-state index contributed by atoms with van der Waals surface area (Å²) in [6, 6.07) is 15.8. The van der Waals surface area contributed by atoms with Crippen molar-refractivity contribution < 1.29 is 14.3 Å². The number of para-hydroxylation sites is 1. The number of hydrogen-bond donors (Lipinski definition) is 0. The van der Waals surface area contributed by atoms with Crippen LogP contribution in [0, 0.1) is 0 Å². The van der Waals surface area contributed by atoms with Gasteiger partial charge in [0.25, 0.3) is 0 Å². The molecule has 0 fully saturated rings. The number of esters is 1. The number of rotatable bonds is 5. The fourth-order valence-corrected chi connectivity index (χ4v) is 2.63. The first-order chi connectivity index (χ1) is 12.5. The van der Waals surface area contributed by atoms with Crippen LogP contribution in [0.1, 0.15) is 35.8 Å². The molecule has 0 bridgehead atoms. The molecule has 26 heavy (non-hydrogen) atoms. The average Bonchev–Trinajstić information content (AvgIpc) is 3.06. The molecule has 0 aliphatic carbocycles. The summed E-state index contributed by atoms with van der Waals surface area (Å²) in [7, 11) is 1.57. The fourth-order valence-electron chi connectivity index (χ4n) is 2.41. The van der Waals surface area contributed by atoms with Crippen LogP contribution in [0.3, 0.4) is 0 Å². The molecule has 3 rings (SSSR count). The predicted molar refractivity (Wildman–Crippen MR) is 101 cm³/mol. The van der Waals surface area contributed by atoms with Gasteiger partial charge in [-0.2, -0.15) is 9.78 Å². The zero-order valence-electron chi connectivity index (χ0n) is 14.8. The SMILES string of the molecule is COc1ccc(C(=O)Oc2cc(C(C)C)nn2-c2ccccc2Cl)cc1. The summed E-state index contributed by atoms with van der Waals surface area (Å²) in [5.41, 5.74) is 1.88. The molecule has 0 N–H and O–H groups in total. The standard InChI is InChI=1S/C20H19ClN2O3/c1-13(2)17-12-19(23(22-17)18-7-5-4-6-16(18)21)26-20(24)14-8-10-15(25-3)11-9-14/h4-13H,1-3H3. The minimum Gasteiger partial charge on any atom is -0.497 e. The molecule has 1 aromatic heterocycles. The molecule has 0 amide bonds. The van der Waals surface area contributed by atoms with Crippen LogP contribution in [0.5, 0.6) is 11.6 Å². The minimum absolute atomic E-state index is 0.178. The van der Waals surface area contributed by atoms with E-state index in [-0.39, 0.29) is 5.92 Å². The second-order valence-corrected chi connectivity index (χ2v) is 6.45. The number of carbonyl (C=O) groups excluding carboxylic acids is 1. The number of halogens is 1. The van der Waals surface area contributed by atoms with Gasteiger partial charge in [0.1, 0.15) is 5.75 Å². The molecular formula is C20H19ClN2O3. The second kappa shape index (κ2) is 7.62. The van der Waals surface area contributed by atoms with Gasteiger partial charge in [-0.25, -0.2) is 4.79 Å². The van der Waals surface area contributed by atoms with E-state index in [9.17, 15) is 4.79 Å². The molecule has 3 aromatic rings. The molecule has 0 spiro atoms. The molecule has 134 valence electrons. The third-order valence-corrected chi connectivity index (χ3v) is 4.21. The molecule has 0 saturated heterocycles. The van der Waals surface area contributed by atoms with Crippen LogP contribution < -0.4 is 9.47 Å². The van der Waals surface area contributed by atoms with E-state index < -0.39 is 5.97 Å². The van der Waals surface area contributed by atoms with Crippen LogP contribution >= 0.6 is 11.6 Å². The van der Waals surface area contributed by atoms with Gasteiger partial charge in [0.15, 0.2) is 0 Å². The van der Waals surface area contributed by atoms with E-state index >= 15 is 0 Å². The van der Waals surface area contributed by atoms with Crippen molar-refractivity contribution in [2.75, 3.05) is 7.11 Å². The third kappa shape index (κ3) is 3.73. The number of nitrogens with zero attached hydrogens (tertiary/aromatic N) is 2. The van der Waals surface area contributed by atoms with Crippen molar-refractivity contribution in [3.8, 4) is 17.3 Å². The Bertz CT molecular complexity index is 917. The van der Waals surface area contributed by atoms with Crippen molar-refractivity contribution in [2.45, 2.75) is 19.8 Å². The first-order valence-electron chi connectivity index (χ1n) is 8.20. The van der Waals surface area contributed by atoms with Crippen molar-refractivity contribution in [3.63, 3.8) is 0 Å². The Kier molecular flexibility index (Phi) is 5.28. The number of ether oxygens (including phenoxy) is 2. The van der Waals surface area contributed by atoms with Gasteiger partial charge >= 0.3 is 5.97 Å². The van der Waals surface area contributed by atoms with Crippen LogP contribution in [0.25, 0.3) is 5.69 Å². The molecule has 0 aliphatic rings. The van der Waals surface area contributed by atoms with Crippen molar-refractivity contribution in [1.29, 1.82) is 0 Å². The molecular weight excluding hydrogens is 352 g/mol. The van der Waals surface area contributed by atoms with Gasteiger partial charge in [0, 0.05) is 6.07 Å². The first kappa shape index (κ1) is 18.0. The molecule has 0 aliphatic heterocycles. The maximum atomic E-state index is 12.5. The summed E-state index contributed by atoms with van der Waals surface area (Å²) in [4.78, 5) is 12.5. The Labute approximate surface area is 157 Å². The Morgan fingerprint density at radius 2 is 1.81 bits per heavy atom. The number of carbonyl (C=O) groups is 1. The molecule has 0 atom stereocenters. The molecule has 0 radical (unpaired) electrons. The van der Waals surface area contributed by atoms with Gasteiger partial charge in [-0.1, -0.05) is 37.6 Å². The van der Waals surface area contributed by atoms with Crippen LogP contribution in [0.15, 0.2) is 54.6 Å². The molecule has 0 saturated carbocycles. The Balaban J connectivity index is 1.95. The highest BCUT2D eigenvalue weighted by Crippen LogP contribution is 2.28. The zero-order valence-corrected chi connectivity index (χ0v) is 15.5. The summed E-state index contributed by atoms with van der Waals surface area (Å²) in [6.07, 6.45) is 0. The second-order valence-electron chi connectivity index (χ2n) is 6.04. The molecule has 6 heteroatoms. The highest BCUT2D eigenvalue weighted by molar-refractivity contribution is 6.32. The monoisotopic (exact) mass is 370 g/mol. The van der Waals surface area contributed by atoms with Gasteiger partial charge < -0.3 is 9.47 Å². The van der Waals surface area contributed by atoms with E-state index in [2.05, 4.69) is 5.10 Å². The van der Waals surface area contributed by atoms with E-state index in [1.807, 2.05) is 32.0 Å². The predicted octanol–water partition coefficient (Wildman–Crippen LogP) is 4.88. The van der Waals surface area contributed by atoms with Gasteiger partial charge in [-0.15, -0.1) is 0 Å². The number of benzene rings is 2. The van der Waals surface area contributed by atoms with E-state index in [0.717, 1.165) is 5.69 Å². The molecule has 5 nitrogen and oxygen atoms in total. The summed E-state index contributed by atoms with van der Waals surface area (Å²) in [6.45, 7) is 4.04. The molecule has 1 heterocycles. The van der Waals surface area contributed by atoms with Gasteiger partial charge in [-0.3, -0.25) is 0 Å². The van der Waals surface area contributed by atoms with E-state index in [1.165, 1.54) is 0 Å². The van der Waals surface area contributed by atoms with Crippen LogP contribution in [-0.2, 0) is 0 Å².